The number of fused-ring (bicyclic) bond motifs is 1. The number of H-pyrrole nitrogens is 1. The summed E-state index contributed by atoms with van der Waals surface area (Å²) < 4.78 is 0. The highest BCUT2D eigenvalue weighted by molar-refractivity contribution is 6.11. The van der Waals surface area contributed by atoms with Crippen molar-refractivity contribution in [2.75, 3.05) is 5.73 Å². The van der Waals surface area contributed by atoms with Gasteiger partial charge in [-0.15, -0.1) is 0 Å². The number of aromatic nitrogens is 1. The van der Waals surface area contributed by atoms with Gasteiger partial charge in [0.1, 0.15) is 5.82 Å². The van der Waals surface area contributed by atoms with Crippen molar-refractivity contribution in [3.63, 3.8) is 0 Å². The Balaban J connectivity index is 2.86. The topological polar surface area (TPSA) is 58.9 Å². The number of carbonyl (C=O) groups excluding carboxylic acids is 1. The smallest absolute Gasteiger partial charge is 0.164 e. The van der Waals surface area contributed by atoms with Crippen LogP contribution in [0.15, 0.2) is 24.3 Å². The van der Waals surface area contributed by atoms with Crippen molar-refractivity contribution in [2.24, 2.45) is 0 Å². The lowest BCUT2D eigenvalue weighted by Gasteiger charge is -1.92. The van der Waals surface area contributed by atoms with Crippen LogP contribution < -0.4 is 5.73 Å². The highest BCUT2D eigenvalue weighted by atomic mass is 16.1. The molecule has 0 atom stereocenters. The number of carbonyl (C=O) groups is 1. The van der Waals surface area contributed by atoms with E-state index in [4.69, 9.17) is 5.73 Å². The van der Waals surface area contributed by atoms with Gasteiger partial charge in [0, 0.05) is 10.9 Å². The molecule has 13 heavy (non-hydrogen) atoms. The molecule has 0 unspecified atom stereocenters. The van der Waals surface area contributed by atoms with Crippen LogP contribution in [0.2, 0.25) is 0 Å². The van der Waals surface area contributed by atoms with Gasteiger partial charge >= 0.3 is 0 Å². The number of aromatic amines is 1. The minimum atomic E-state index is -0.00468. The molecular formula is C10H10N2O. The lowest BCUT2D eigenvalue weighted by molar-refractivity contribution is 0.102. The normalized spacial score (nSPS) is 10.5. The average Bonchev–Trinajstić information content (AvgIpc) is 2.39. The molecule has 0 aliphatic carbocycles. The van der Waals surface area contributed by atoms with Crippen LogP contribution in [0.25, 0.3) is 10.9 Å². The molecule has 66 valence electrons. The van der Waals surface area contributed by atoms with E-state index in [0.29, 0.717) is 11.4 Å². The number of rotatable bonds is 1. The van der Waals surface area contributed by atoms with Crippen LogP contribution in [0.4, 0.5) is 5.82 Å². The van der Waals surface area contributed by atoms with Gasteiger partial charge in [-0.25, -0.2) is 0 Å². The summed E-state index contributed by atoms with van der Waals surface area (Å²) in [5.74, 6) is 0.448. The quantitative estimate of drug-likeness (QED) is 0.649. The van der Waals surface area contributed by atoms with Gasteiger partial charge in [0.2, 0.25) is 0 Å². The third kappa shape index (κ3) is 1.09. The van der Waals surface area contributed by atoms with Crippen molar-refractivity contribution < 1.29 is 4.79 Å². The molecule has 1 aromatic heterocycles. The summed E-state index contributed by atoms with van der Waals surface area (Å²) in [5, 5.41) is 0.896. The van der Waals surface area contributed by atoms with Crippen LogP contribution in [0.1, 0.15) is 17.3 Å². The molecule has 0 bridgehead atoms. The minimum absolute atomic E-state index is 0.00468. The van der Waals surface area contributed by atoms with Gasteiger partial charge in [0.15, 0.2) is 5.78 Å². The van der Waals surface area contributed by atoms with Crippen molar-refractivity contribution in [2.45, 2.75) is 6.92 Å². The standard InChI is InChI=1S/C10H10N2O/c1-6(13)9-7-4-2-3-5-8(7)12-10(9)11/h2-5,12H,11H2,1H3. The van der Waals surface area contributed by atoms with E-state index in [1.807, 2.05) is 24.3 Å². The van der Waals surface area contributed by atoms with Crippen LogP contribution in [-0.4, -0.2) is 10.8 Å². The molecule has 3 nitrogen and oxygen atoms in total. The number of ketones is 1. The number of hydrogen-bond donors (Lipinski definition) is 2. The Morgan fingerprint density at radius 1 is 1.38 bits per heavy atom. The van der Waals surface area contributed by atoms with E-state index in [-0.39, 0.29) is 5.78 Å². The summed E-state index contributed by atoms with van der Waals surface area (Å²) in [6.45, 7) is 1.52. The van der Waals surface area contributed by atoms with Crippen LogP contribution in [-0.2, 0) is 0 Å². The minimum Gasteiger partial charge on any atom is -0.385 e. The third-order valence-electron chi connectivity index (χ3n) is 2.09. The second-order valence-electron chi connectivity index (χ2n) is 3.02. The summed E-state index contributed by atoms with van der Waals surface area (Å²) in [6.07, 6.45) is 0. The van der Waals surface area contributed by atoms with E-state index in [2.05, 4.69) is 4.98 Å². The largest absolute Gasteiger partial charge is 0.385 e. The highest BCUT2D eigenvalue weighted by Gasteiger charge is 2.11. The summed E-state index contributed by atoms with van der Waals surface area (Å²) in [7, 11) is 0. The Labute approximate surface area is 75.6 Å². The van der Waals surface area contributed by atoms with Crippen molar-refractivity contribution in [1.82, 2.24) is 4.98 Å². The van der Waals surface area contributed by atoms with Crippen molar-refractivity contribution in [1.29, 1.82) is 0 Å². The molecule has 2 rings (SSSR count). The predicted molar refractivity (Wildman–Crippen MR) is 52.7 cm³/mol. The van der Waals surface area contributed by atoms with E-state index in [0.717, 1.165) is 10.9 Å². The Morgan fingerprint density at radius 2 is 2.08 bits per heavy atom. The molecule has 3 heteroatoms. The molecule has 1 heterocycles. The predicted octanol–water partition coefficient (Wildman–Crippen LogP) is 1.95. The highest BCUT2D eigenvalue weighted by Crippen LogP contribution is 2.23. The second-order valence-corrected chi connectivity index (χ2v) is 3.02. The SMILES string of the molecule is CC(=O)c1c(N)[nH]c2ccccc12. The van der Waals surface area contributed by atoms with Gasteiger partial charge in [-0.2, -0.15) is 0 Å². The fourth-order valence-electron chi connectivity index (χ4n) is 1.54. The first-order valence-corrected chi connectivity index (χ1v) is 4.07. The number of nitrogens with one attached hydrogen (secondary N) is 1. The zero-order valence-electron chi connectivity index (χ0n) is 7.29. The molecule has 0 radical (unpaired) electrons. The molecule has 0 saturated carbocycles. The molecule has 0 spiro atoms. The Hall–Kier alpha value is -1.77. The maximum atomic E-state index is 11.2. The fraction of sp³-hybridized carbons (Fsp3) is 0.100. The van der Waals surface area contributed by atoms with Crippen LogP contribution in [0.5, 0.6) is 0 Å². The number of hydrogen-bond acceptors (Lipinski definition) is 2. The zero-order chi connectivity index (χ0) is 9.42. The lowest BCUT2D eigenvalue weighted by atomic mass is 10.1. The lowest BCUT2D eigenvalue weighted by Crippen LogP contribution is -1.96. The molecule has 0 fully saturated rings. The molecule has 0 aliphatic heterocycles. The van der Waals surface area contributed by atoms with Crippen molar-refractivity contribution in [3.05, 3.63) is 29.8 Å². The molecule has 0 saturated heterocycles. The van der Waals surface area contributed by atoms with Gasteiger partial charge in [0.05, 0.1) is 5.56 Å². The van der Waals surface area contributed by atoms with Crippen molar-refractivity contribution >= 4 is 22.5 Å². The first-order valence-electron chi connectivity index (χ1n) is 4.07. The van der Waals surface area contributed by atoms with Crippen molar-refractivity contribution in [3.8, 4) is 0 Å². The Morgan fingerprint density at radius 3 is 2.77 bits per heavy atom. The van der Waals surface area contributed by atoms with E-state index >= 15 is 0 Å². The number of benzene rings is 1. The molecular weight excluding hydrogens is 164 g/mol. The first-order chi connectivity index (χ1) is 6.20. The van der Waals surface area contributed by atoms with E-state index < -0.39 is 0 Å². The van der Waals surface area contributed by atoms with E-state index in [1.165, 1.54) is 6.92 Å². The van der Waals surface area contributed by atoms with Crippen LogP contribution >= 0.6 is 0 Å². The maximum absolute atomic E-state index is 11.2. The summed E-state index contributed by atoms with van der Waals surface area (Å²) >= 11 is 0. The maximum Gasteiger partial charge on any atom is 0.164 e. The Bertz CT molecular complexity index is 471. The van der Waals surface area contributed by atoms with Gasteiger partial charge in [-0.1, -0.05) is 18.2 Å². The van der Waals surface area contributed by atoms with E-state index in [9.17, 15) is 4.79 Å². The number of para-hydroxylation sites is 1. The molecule has 2 aromatic rings. The van der Waals surface area contributed by atoms with Gasteiger partial charge < -0.3 is 10.7 Å². The molecule has 0 aliphatic rings. The van der Waals surface area contributed by atoms with Gasteiger partial charge in [-0.3, -0.25) is 4.79 Å². The Kier molecular flexibility index (Phi) is 1.59. The fourth-order valence-corrected chi connectivity index (χ4v) is 1.54. The average molecular weight is 174 g/mol. The summed E-state index contributed by atoms with van der Waals surface area (Å²) in [5.41, 5.74) is 7.18. The third-order valence-corrected chi connectivity index (χ3v) is 2.09. The number of nitrogens with two attached hydrogens (primary N) is 1. The zero-order valence-corrected chi connectivity index (χ0v) is 7.29. The summed E-state index contributed by atoms with van der Waals surface area (Å²) in [6, 6.07) is 7.58. The summed E-state index contributed by atoms with van der Waals surface area (Å²) in [4.78, 5) is 14.2. The number of anilines is 1. The first kappa shape index (κ1) is 7.86. The molecule has 1 aromatic carbocycles. The van der Waals surface area contributed by atoms with Gasteiger partial charge in [0.25, 0.3) is 0 Å². The van der Waals surface area contributed by atoms with Crippen LogP contribution in [0.3, 0.4) is 0 Å². The number of Topliss-reactive ketones (excluding diaryl/α,β-unsaturated/α-hetero) is 1. The number of nitrogen functional groups attached to an aromatic ring is 1. The van der Waals surface area contributed by atoms with Crippen LogP contribution in [0, 0.1) is 0 Å². The van der Waals surface area contributed by atoms with Gasteiger partial charge in [-0.05, 0) is 13.0 Å². The van der Waals surface area contributed by atoms with E-state index in [1.54, 1.807) is 0 Å². The second kappa shape index (κ2) is 2.62. The molecule has 0 amide bonds. The monoisotopic (exact) mass is 174 g/mol. The molecule has 3 N–H and O–H groups in total.